The van der Waals surface area contributed by atoms with Crippen LogP contribution in [0.3, 0.4) is 0 Å². The lowest BCUT2D eigenvalue weighted by Crippen LogP contribution is -2.57. The fraction of sp³-hybridized carbons (Fsp3) is 1.00. The van der Waals surface area contributed by atoms with E-state index in [0.717, 1.165) is 23.9 Å². The highest BCUT2D eigenvalue weighted by molar-refractivity contribution is 5.06. The Bertz CT molecular complexity index is 285. The van der Waals surface area contributed by atoms with E-state index in [9.17, 15) is 0 Å². The average molecular weight is 251 g/mol. The second-order valence-electron chi connectivity index (χ2n) is 6.61. The summed E-state index contributed by atoms with van der Waals surface area (Å²) in [6.07, 6.45) is 4.24. The molecule has 4 rings (SSSR count). The van der Waals surface area contributed by atoms with Crippen molar-refractivity contribution in [1.82, 2.24) is 15.1 Å². The molecule has 18 heavy (non-hydrogen) atoms. The van der Waals surface area contributed by atoms with E-state index in [0.29, 0.717) is 6.04 Å². The molecule has 4 atom stereocenters. The normalized spacial score (nSPS) is 45.2. The monoisotopic (exact) mass is 251 g/mol. The Morgan fingerprint density at radius 1 is 1.28 bits per heavy atom. The van der Waals surface area contributed by atoms with Crippen LogP contribution in [-0.2, 0) is 0 Å². The van der Waals surface area contributed by atoms with Gasteiger partial charge >= 0.3 is 0 Å². The van der Waals surface area contributed by atoms with Crippen molar-refractivity contribution in [3.05, 3.63) is 0 Å². The van der Waals surface area contributed by atoms with Crippen molar-refractivity contribution in [2.75, 3.05) is 33.2 Å². The van der Waals surface area contributed by atoms with Crippen molar-refractivity contribution < 1.29 is 0 Å². The molecule has 4 saturated heterocycles. The van der Waals surface area contributed by atoms with Gasteiger partial charge in [0.1, 0.15) is 0 Å². The maximum Gasteiger partial charge on any atom is 0.0295 e. The number of fused-ring (bicyclic) bond motifs is 2. The van der Waals surface area contributed by atoms with Crippen molar-refractivity contribution in [3.63, 3.8) is 0 Å². The van der Waals surface area contributed by atoms with E-state index < -0.39 is 0 Å². The predicted octanol–water partition coefficient (Wildman–Crippen LogP) is 1.40. The third-order valence-electron chi connectivity index (χ3n) is 5.84. The van der Waals surface area contributed by atoms with Gasteiger partial charge in [0.2, 0.25) is 0 Å². The Labute approximate surface area is 112 Å². The van der Waals surface area contributed by atoms with E-state index in [1.165, 1.54) is 45.4 Å². The number of piperidine rings is 3. The molecule has 0 aromatic heterocycles. The highest BCUT2D eigenvalue weighted by Gasteiger charge is 2.51. The van der Waals surface area contributed by atoms with Crippen molar-refractivity contribution in [2.45, 2.75) is 51.2 Å². The number of nitrogens with one attached hydrogen (secondary N) is 1. The van der Waals surface area contributed by atoms with Gasteiger partial charge in [0.25, 0.3) is 0 Å². The Morgan fingerprint density at radius 2 is 2.00 bits per heavy atom. The first-order chi connectivity index (χ1) is 8.74. The van der Waals surface area contributed by atoms with Gasteiger partial charge in [-0.25, -0.2) is 0 Å². The van der Waals surface area contributed by atoms with Gasteiger partial charge in [-0.1, -0.05) is 6.92 Å². The number of nitrogens with zero attached hydrogens (tertiary/aromatic N) is 2. The van der Waals surface area contributed by atoms with Crippen LogP contribution in [0.2, 0.25) is 0 Å². The first-order valence-corrected chi connectivity index (χ1v) is 7.90. The summed E-state index contributed by atoms with van der Waals surface area (Å²) >= 11 is 0. The van der Waals surface area contributed by atoms with Crippen LogP contribution in [0.25, 0.3) is 0 Å². The summed E-state index contributed by atoms with van der Waals surface area (Å²) in [5.41, 5.74) is 0. The Balaban J connectivity index is 1.77. The molecular formula is C15H29N3. The number of hydrogen-bond donors (Lipinski definition) is 1. The first kappa shape index (κ1) is 12.9. The maximum atomic E-state index is 3.43. The molecule has 1 N–H and O–H groups in total. The molecular weight excluding hydrogens is 222 g/mol. The largest absolute Gasteiger partial charge is 0.317 e. The summed E-state index contributed by atoms with van der Waals surface area (Å²) in [6, 6.07) is 2.31. The molecule has 2 bridgehead atoms. The quantitative estimate of drug-likeness (QED) is 0.815. The number of likely N-dealkylation sites (N-methyl/N-ethyl adjacent to an activating group) is 1. The van der Waals surface area contributed by atoms with Crippen LogP contribution in [0.15, 0.2) is 0 Å². The van der Waals surface area contributed by atoms with E-state index >= 15 is 0 Å². The zero-order chi connectivity index (χ0) is 12.7. The summed E-state index contributed by atoms with van der Waals surface area (Å²) in [5.74, 6) is 2.01. The van der Waals surface area contributed by atoms with Crippen LogP contribution in [0.1, 0.15) is 33.1 Å². The molecule has 0 amide bonds. The molecule has 4 aliphatic heterocycles. The lowest BCUT2D eigenvalue weighted by atomic mass is 9.73. The van der Waals surface area contributed by atoms with Crippen molar-refractivity contribution in [1.29, 1.82) is 0 Å². The molecule has 4 aliphatic rings. The van der Waals surface area contributed by atoms with E-state index in [4.69, 9.17) is 0 Å². The van der Waals surface area contributed by atoms with Crippen LogP contribution in [0.5, 0.6) is 0 Å². The fourth-order valence-corrected chi connectivity index (χ4v) is 4.74. The number of likely N-dealkylation sites (tertiary alicyclic amines) is 1. The third-order valence-corrected chi connectivity index (χ3v) is 5.84. The average Bonchev–Trinajstić information content (AvgIpc) is 2.80. The Morgan fingerprint density at radius 3 is 2.61 bits per heavy atom. The summed E-state index contributed by atoms with van der Waals surface area (Å²) in [7, 11) is 2.10. The van der Waals surface area contributed by atoms with Gasteiger partial charge in [0.15, 0.2) is 0 Å². The van der Waals surface area contributed by atoms with Gasteiger partial charge in [-0.05, 0) is 64.7 Å². The molecule has 0 aliphatic carbocycles. The molecule has 104 valence electrons. The minimum absolute atomic E-state index is 0.643. The van der Waals surface area contributed by atoms with Gasteiger partial charge in [-0.3, -0.25) is 9.80 Å². The third kappa shape index (κ3) is 2.00. The summed E-state index contributed by atoms with van der Waals surface area (Å²) in [5, 5.41) is 3.43. The van der Waals surface area contributed by atoms with Crippen LogP contribution < -0.4 is 5.32 Å². The van der Waals surface area contributed by atoms with Gasteiger partial charge in [0.05, 0.1) is 0 Å². The summed E-state index contributed by atoms with van der Waals surface area (Å²) in [4.78, 5) is 5.58. The van der Waals surface area contributed by atoms with Crippen LogP contribution in [-0.4, -0.2) is 61.2 Å². The van der Waals surface area contributed by atoms with Crippen molar-refractivity contribution in [2.24, 2.45) is 11.8 Å². The molecule has 4 unspecified atom stereocenters. The van der Waals surface area contributed by atoms with Crippen LogP contribution in [0.4, 0.5) is 0 Å². The minimum Gasteiger partial charge on any atom is -0.317 e. The molecule has 0 aromatic rings. The van der Waals surface area contributed by atoms with Gasteiger partial charge in [0, 0.05) is 24.7 Å². The van der Waals surface area contributed by atoms with Gasteiger partial charge < -0.3 is 5.32 Å². The first-order valence-electron chi connectivity index (χ1n) is 7.90. The molecule has 3 nitrogen and oxygen atoms in total. The standard InChI is InChI=1S/C15H29N3/c1-4-17-10-13-12-5-7-18(8-6-12)15(13)14(17)9-11(2)16-3/h11-16H,4-10H2,1-3H3. The Kier molecular flexibility index (Phi) is 3.65. The zero-order valence-corrected chi connectivity index (χ0v) is 12.2. The second-order valence-corrected chi connectivity index (χ2v) is 6.61. The maximum absolute atomic E-state index is 3.43. The second kappa shape index (κ2) is 5.10. The van der Waals surface area contributed by atoms with E-state index in [1.54, 1.807) is 0 Å². The SMILES string of the molecule is CCN1CC2C3CCN(CC3)C2C1CC(C)NC. The summed E-state index contributed by atoms with van der Waals surface area (Å²) < 4.78 is 0. The fourth-order valence-electron chi connectivity index (χ4n) is 4.74. The van der Waals surface area contributed by atoms with E-state index in [2.05, 4.69) is 36.0 Å². The molecule has 0 saturated carbocycles. The lowest BCUT2D eigenvalue weighted by Gasteiger charge is -2.50. The molecule has 0 spiro atoms. The zero-order valence-electron chi connectivity index (χ0n) is 12.2. The molecule has 4 heterocycles. The Hall–Kier alpha value is -0.120. The number of hydrogen-bond acceptors (Lipinski definition) is 3. The van der Waals surface area contributed by atoms with Gasteiger partial charge in [-0.15, -0.1) is 0 Å². The number of rotatable bonds is 4. The highest BCUT2D eigenvalue weighted by atomic mass is 15.3. The topological polar surface area (TPSA) is 18.5 Å². The molecule has 3 heteroatoms. The highest BCUT2D eigenvalue weighted by Crippen LogP contribution is 2.44. The summed E-state index contributed by atoms with van der Waals surface area (Å²) in [6.45, 7) is 10.0. The smallest absolute Gasteiger partial charge is 0.0295 e. The molecule has 4 fully saturated rings. The van der Waals surface area contributed by atoms with Gasteiger partial charge in [-0.2, -0.15) is 0 Å². The lowest BCUT2D eigenvalue weighted by molar-refractivity contribution is 0.00133. The van der Waals surface area contributed by atoms with Crippen LogP contribution >= 0.6 is 0 Å². The van der Waals surface area contributed by atoms with E-state index in [1.807, 2.05) is 0 Å². The molecule has 0 radical (unpaired) electrons. The van der Waals surface area contributed by atoms with Crippen LogP contribution in [0, 0.1) is 11.8 Å². The molecule has 0 aromatic carbocycles. The minimum atomic E-state index is 0.643. The van der Waals surface area contributed by atoms with E-state index in [-0.39, 0.29) is 0 Å². The van der Waals surface area contributed by atoms with Crippen molar-refractivity contribution >= 4 is 0 Å². The van der Waals surface area contributed by atoms with Crippen molar-refractivity contribution in [3.8, 4) is 0 Å². The predicted molar refractivity (Wildman–Crippen MR) is 75.7 cm³/mol.